The van der Waals surface area contributed by atoms with Gasteiger partial charge in [-0.1, -0.05) is 12.8 Å². The van der Waals surface area contributed by atoms with E-state index in [1.165, 1.54) is 77.7 Å². The van der Waals surface area contributed by atoms with Crippen molar-refractivity contribution in [2.45, 2.75) is 44.9 Å². The smallest absolute Gasteiger partial charge is 0.00186 e. The van der Waals surface area contributed by atoms with Gasteiger partial charge in [0.25, 0.3) is 0 Å². The zero-order chi connectivity index (χ0) is 10.3. The monoisotopic (exact) mass is 210 g/mol. The lowest BCUT2D eigenvalue weighted by atomic mass is 10.0. The zero-order valence-electron chi connectivity index (χ0n) is 10.0. The highest BCUT2D eigenvalue weighted by Crippen LogP contribution is 2.16. The highest BCUT2D eigenvalue weighted by atomic mass is 15.1. The van der Waals surface area contributed by atoms with Gasteiger partial charge < -0.3 is 10.2 Å². The van der Waals surface area contributed by atoms with E-state index >= 15 is 0 Å². The Labute approximate surface area is 94.4 Å². The largest absolute Gasteiger partial charge is 0.316 e. The quantitative estimate of drug-likeness (QED) is 0.765. The van der Waals surface area contributed by atoms with Crippen LogP contribution in [0, 0.1) is 5.92 Å². The van der Waals surface area contributed by atoms with Crippen molar-refractivity contribution in [2.24, 2.45) is 5.92 Å². The third kappa shape index (κ3) is 4.12. The van der Waals surface area contributed by atoms with Gasteiger partial charge >= 0.3 is 0 Å². The second-order valence-corrected chi connectivity index (χ2v) is 5.26. The molecule has 0 radical (unpaired) electrons. The fourth-order valence-corrected chi connectivity index (χ4v) is 2.92. The summed E-state index contributed by atoms with van der Waals surface area (Å²) in [7, 11) is 0. The molecule has 88 valence electrons. The summed E-state index contributed by atoms with van der Waals surface area (Å²) >= 11 is 0. The fraction of sp³-hybridized carbons (Fsp3) is 1.00. The lowest BCUT2D eigenvalue weighted by Gasteiger charge is -2.20. The summed E-state index contributed by atoms with van der Waals surface area (Å²) in [6.45, 7) is 6.62. The molecule has 0 bridgehead atoms. The van der Waals surface area contributed by atoms with Crippen molar-refractivity contribution in [3.63, 3.8) is 0 Å². The molecule has 2 aliphatic heterocycles. The van der Waals surface area contributed by atoms with Crippen LogP contribution in [0.15, 0.2) is 0 Å². The first-order valence-electron chi connectivity index (χ1n) is 6.88. The maximum Gasteiger partial charge on any atom is -0.00186 e. The maximum atomic E-state index is 3.46. The molecule has 0 spiro atoms. The minimum Gasteiger partial charge on any atom is -0.316 e. The molecule has 2 heterocycles. The summed E-state index contributed by atoms with van der Waals surface area (Å²) < 4.78 is 0. The Balaban J connectivity index is 1.55. The molecule has 1 atom stereocenters. The normalized spacial score (nSPS) is 29.2. The Morgan fingerprint density at radius 2 is 1.87 bits per heavy atom. The lowest BCUT2D eigenvalue weighted by molar-refractivity contribution is 0.272. The van der Waals surface area contributed by atoms with Crippen molar-refractivity contribution in [3.05, 3.63) is 0 Å². The van der Waals surface area contributed by atoms with Gasteiger partial charge in [-0.3, -0.25) is 0 Å². The molecular weight excluding hydrogens is 184 g/mol. The van der Waals surface area contributed by atoms with Gasteiger partial charge in [0.15, 0.2) is 0 Å². The number of rotatable bonds is 4. The van der Waals surface area contributed by atoms with Crippen LogP contribution in [-0.2, 0) is 0 Å². The van der Waals surface area contributed by atoms with Gasteiger partial charge in [0.1, 0.15) is 0 Å². The Kier molecular flexibility index (Phi) is 4.94. The molecule has 0 aliphatic carbocycles. The second kappa shape index (κ2) is 6.49. The van der Waals surface area contributed by atoms with Gasteiger partial charge in [0.05, 0.1) is 0 Å². The lowest BCUT2D eigenvalue weighted by Crippen LogP contribution is -2.26. The molecule has 15 heavy (non-hydrogen) atoms. The standard InChI is InChI=1S/C13H26N2/c1-2-4-10-15(9-3-1)11-5-6-13-7-8-14-12-13/h13-14H,1-12H2. The van der Waals surface area contributed by atoms with Crippen LogP contribution in [0.2, 0.25) is 0 Å². The van der Waals surface area contributed by atoms with Crippen LogP contribution in [0.3, 0.4) is 0 Å². The van der Waals surface area contributed by atoms with Gasteiger partial charge in [-0.15, -0.1) is 0 Å². The van der Waals surface area contributed by atoms with E-state index in [4.69, 9.17) is 0 Å². The molecule has 1 unspecified atom stereocenters. The molecule has 2 saturated heterocycles. The summed E-state index contributed by atoms with van der Waals surface area (Å²) in [5.41, 5.74) is 0. The molecule has 2 rings (SSSR count). The average molecular weight is 210 g/mol. The number of nitrogens with one attached hydrogen (secondary N) is 1. The molecule has 2 aliphatic rings. The predicted molar refractivity (Wildman–Crippen MR) is 65.1 cm³/mol. The van der Waals surface area contributed by atoms with E-state index in [0.29, 0.717) is 0 Å². The Bertz CT molecular complexity index is 156. The van der Waals surface area contributed by atoms with Gasteiger partial charge in [-0.05, 0) is 70.7 Å². The van der Waals surface area contributed by atoms with E-state index in [0.717, 1.165) is 5.92 Å². The van der Waals surface area contributed by atoms with E-state index in [1.807, 2.05) is 0 Å². The molecule has 0 aromatic heterocycles. The fourth-order valence-electron chi connectivity index (χ4n) is 2.92. The predicted octanol–water partition coefficient (Wildman–Crippen LogP) is 2.25. The first kappa shape index (κ1) is 11.4. The highest BCUT2D eigenvalue weighted by Gasteiger charge is 2.14. The SMILES string of the molecule is C1CCCN(CCCC2CCNC2)CC1. The first-order valence-corrected chi connectivity index (χ1v) is 6.88. The summed E-state index contributed by atoms with van der Waals surface area (Å²) in [6, 6.07) is 0. The molecule has 0 saturated carbocycles. The minimum absolute atomic E-state index is 0.983. The van der Waals surface area contributed by atoms with Crippen LogP contribution in [0.4, 0.5) is 0 Å². The molecule has 0 aromatic rings. The van der Waals surface area contributed by atoms with Crippen molar-refractivity contribution in [3.8, 4) is 0 Å². The Hall–Kier alpha value is -0.0800. The summed E-state index contributed by atoms with van der Waals surface area (Å²) in [4.78, 5) is 2.69. The van der Waals surface area contributed by atoms with Crippen LogP contribution in [-0.4, -0.2) is 37.6 Å². The molecule has 2 heteroatoms. The zero-order valence-corrected chi connectivity index (χ0v) is 10.0. The van der Waals surface area contributed by atoms with Crippen molar-refractivity contribution in [1.29, 1.82) is 0 Å². The van der Waals surface area contributed by atoms with Gasteiger partial charge in [-0.25, -0.2) is 0 Å². The molecule has 0 amide bonds. The molecule has 0 aromatic carbocycles. The summed E-state index contributed by atoms with van der Waals surface area (Å²) in [5, 5.41) is 3.46. The van der Waals surface area contributed by atoms with Crippen LogP contribution < -0.4 is 5.32 Å². The van der Waals surface area contributed by atoms with E-state index in [1.54, 1.807) is 0 Å². The number of nitrogens with zero attached hydrogens (tertiary/aromatic N) is 1. The number of hydrogen-bond acceptors (Lipinski definition) is 2. The maximum absolute atomic E-state index is 3.46. The molecular formula is C13H26N2. The average Bonchev–Trinajstić information content (AvgIpc) is 2.62. The van der Waals surface area contributed by atoms with E-state index < -0.39 is 0 Å². The van der Waals surface area contributed by atoms with Gasteiger partial charge in [-0.2, -0.15) is 0 Å². The Morgan fingerprint density at radius 1 is 1.07 bits per heavy atom. The minimum atomic E-state index is 0.983. The van der Waals surface area contributed by atoms with Crippen LogP contribution in [0.5, 0.6) is 0 Å². The third-order valence-corrected chi connectivity index (χ3v) is 3.95. The Morgan fingerprint density at radius 3 is 2.53 bits per heavy atom. The van der Waals surface area contributed by atoms with E-state index in [9.17, 15) is 0 Å². The topological polar surface area (TPSA) is 15.3 Å². The van der Waals surface area contributed by atoms with Crippen molar-refractivity contribution in [2.75, 3.05) is 32.7 Å². The van der Waals surface area contributed by atoms with Gasteiger partial charge in [0.2, 0.25) is 0 Å². The first-order chi connectivity index (χ1) is 7.45. The van der Waals surface area contributed by atoms with Crippen LogP contribution >= 0.6 is 0 Å². The highest BCUT2D eigenvalue weighted by molar-refractivity contribution is 4.72. The molecule has 2 fully saturated rings. The summed E-state index contributed by atoms with van der Waals surface area (Å²) in [5.74, 6) is 0.983. The van der Waals surface area contributed by atoms with Crippen LogP contribution in [0.1, 0.15) is 44.9 Å². The summed E-state index contributed by atoms with van der Waals surface area (Å²) in [6.07, 6.45) is 10.1. The number of hydrogen-bond donors (Lipinski definition) is 1. The molecule has 1 N–H and O–H groups in total. The third-order valence-electron chi connectivity index (χ3n) is 3.95. The van der Waals surface area contributed by atoms with Crippen LogP contribution in [0.25, 0.3) is 0 Å². The van der Waals surface area contributed by atoms with Crippen molar-refractivity contribution >= 4 is 0 Å². The molecule has 2 nitrogen and oxygen atoms in total. The second-order valence-electron chi connectivity index (χ2n) is 5.26. The van der Waals surface area contributed by atoms with E-state index in [-0.39, 0.29) is 0 Å². The van der Waals surface area contributed by atoms with Gasteiger partial charge in [0, 0.05) is 0 Å². The van der Waals surface area contributed by atoms with E-state index in [2.05, 4.69) is 10.2 Å². The van der Waals surface area contributed by atoms with Crippen molar-refractivity contribution in [1.82, 2.24) is 10.2 Å². The van der Waals surface area contributed by atoms with Crippen molar-refractivity contribution < 1.29 is 0 Å². The number of likely N-dealkylation sites (tertiary alicyclic amines) is 1.